The van der Waals surface area contributed by atoms with Gasteiger partial charge in [0, 0.05) is 26.0 Å². The standard InChI is InChI=1S/C10H14BrNS2/c1-3-7-5-13-10(12-7)9-4-8(11)6(2)14-9/h4,7,10,12H,3,5H2,1-2H3. The van der Waals surface area contributed by atoms with Crippen LogP contribution >= 0.6 is 39.0 Å². The molecule has 0 aliphatic carbocycles. The summed E-state index contributed by atoms with van der Waals surface area (Å²) in [6.07, 6.45) is 1.23. The highest BCUT2D eigenvalue weighted by molar-refractivity contribution is 9.10. The molecule has 2 atom stereocenters. The first-order valence-corrected chi connectivity index (χ1v) is 7.50. The molecule has 1 saturated heterocycles. The van der Waals surface area contributed by atoms with E-state index in [4.69, 9.17) is 0 Å². The average Bonchev–Trinajstić information content (AvgIpc) is 2.74. The zero-order chi connectivity index (χ0) is 10.1. The second-order valence-corrected chi connectivity index (χ2v) is 6.82. The van der Waals surface area contributed by atoms with Crippen molar-refractivity contribution in [2.45, 2.75) is 31.7 Å². The van der Waals surface area contributed by atoms with E-state index in [2.05, 4.69) is 41.2 Å². The maximum Gasteiger partial charge on any atom is 0.0886 e. The van der Waals surface area contributed by atoms with Crippen molar-refractivity contribution in [2.75, 3.05) is 5.75 Å². The van der Waals surface area contributed by atoms with Crippen LogP contribution in [-0.4, -0.2) is 11.8 Å². The van der Waals surface area contributed by atoms with Crippen LogP contribution in [0.2, 0.25) is 0 Å². The monoisotopic (exact) mass is 291 g/mol. The van der Waals surface area contributed by atoms with Crippen LogP contribution in [0, 0.1) is 6.92 Å². The lowest BCUT2D eigenvalue weighted by Crippen LogP contribution is -2.24. The molecule has 0 amide bonds. The Bertz CT molecular complexity index is 304. The van der Waals surface area contributed by atoms with Gasteiger partial charge < -0.3 is 0 Å². The van der Waals surface area contributed by atoms with Crippen molar-refractivity contribution in [3.05, 3.63) is 20.3 Å². The van der Waals surface area contributed by atoms with Gasteiger partial charge in [0.2, 0.25) is 0 Å². The second-order valence-electron chi connectivity index (χ2n) is 3.54. The van der Waals surface area contributed by atoms with E-state index in [9.17, 15) is 0 Å². The second kappa shape index (κ2) is 4.56. The normalized spacial score (nSPS) is 27.1. The van der Waals surface area contributed by atoms with Gasteiger partial charge in [-0.3, -0.25) is 5.32 Å². The predicted octanol–water partition coefficient (Wildman–Crippen LogP) is 3.93. The van der Waals surface area contributed by atoms with Gasteiger partial charge in [-0.05, 0) is 35.3 Å². The molecular formula is C10H14BrNS2. The Morgan fingerprint density at radius 1 is 1.64 bits per heavy atom. The molecule has 2 unspecified atom stereocenters. The van der Waals surface area contributed by atoms with E-state index in [0.717, 1.165) is 0 Å². The third kappa shape index (κ3) is 2.18. The SMILES string of the molecule is CCC1CSC(c2cc(Br)c(C)s2)N1. The van der Waals surface area contributed by atoms with Crippen LogP contribution in [0.3, 0.4) is 0 Å². The Morgan fingerprint density at radius 3 is 2.93 bits per heavy atom. The van der Waals surface area contributed by atoms with Crippen molar-refractivity contribution in [3.8, 4) is 0 Å². The molecule has 1 N–H and O–H groups in total. The number of halogens is 1. The molecule has 1 aliphatic heterocycles. The van der Waals surface area contributed by atoms with Gasteiger partial charge in [-0.15, -0.1) is 23.1 Å². The fourth-order valence-corrected chi connectivity index (χ4v) is 4.66. The molecule has 0 spiro atoms. The molecule has 1 aliphatic rings. The number of aryl methyl sites for hydroxylation is 1. The largest absolute Gasteiger partial charge is 0.297 e. The van der Waals surface area contributed by atoms with Crippen molar-refractivity contribution in [3.63, 3.8) is 0 Å². The Kier molecular flexibility index (Phi) is 3.58. The number of thiophene rings is 1. The highest BCUT2D eigenvalue weighted by atomic mass is 79.9. The summed E-state index contributed by atoms with van der Waals surface area (Å²) in [6, 6.07) is 2.95. The van der Waals surface area contributed by atoms with Crippen molar-refractivity contribution in [1.82, 2.24) is 5.32 Å². The number of hydrogen-bond acceptors (Lipinski definition) is 3. The molecule has 0 bridgehead atoms. The van der Waals surface area contributed by atoms with E-state index < -0.39 is 0 Å². The summed E-state index contributed by atoms with van der Waals surface area (Å²) in [7, 11) is 0. The third-order valence-corrected chi connectivity index (χ3v) is 6.15. The lowest BCUT2D eigenvalue weighted by molar-refractivity contribution is 0.564. The van der Waals surface area contributed by atoms with E-state index in [1.165, 1.54) is 26.4 Å². The first-order valence-electron chi connectivity index (χ1n) is 4.84. The molecule has 1 fully saturated rings. The minimum Gasteiger partial charge on any atom is -0.297 e. The number of rotatable bonds is 2. The van der Waals surface area contributed by atoms with Crippen LogP contribution in [0.1, 0.15) is 28.5 Å². The zero-order valence-electron chi connectivity index (χ0n) is 8.34. The molecule has 78 valence electrons. The Morgan fingerprint density at radius 2 is 2.43 bits per heavy atom. The van der Waals surface area contributed by atoms with E-state index in [1.807, 2.05) is 23.1 Å². The van der Waals surface area contributed by atoms with E-state index >= 15 is 0 Å². The highest BCUT2D eigenvalue weighted by Gasteiger charge is 2.25. The summed E-state index contributed by atoms with van der Waals surface area (Å²) in [5.41, 5.74) is 0. The fourth-order valence-electron chi connectivity index (χ4n) is 1.53. The summed E-state index contributed by atoms with van der Waals surface area (Å²) in [5.74, 6) is 1.25. The summed E-state index contributed by atoms with van der Waals surface area (Å²) < 4.78 is 1.25. The quantitative estimate of drug-likeness (QED) is 0.886. The van der Waals surface area contributed by atoms with E-state index in [0.29, 0.717) is 11.4 Å². The topological polar surface area (TPSA) is 12.0 Å². The first-order chi connectivity index (χ1) is 6.70. The smallest absolute Gasteiger partial charge is 0.0886 e. The Hall–Kier alpha value is 0.490. The van der Waals surface area contributed by atoms with Crippen LogP contribution in [0.5, 0.6) is 0 Å². The van der Waals surface area contributed by atoms with Gasteiger partial charge in [0.05, 0.1) is 5.37 Å². The van der Waals surface area contributed by atoms with E-state index in [-0.39, 0.29) is 0 Å². The maximum absolute atomic E-state index is 3.65. The first kappa shape index (κ1) is 11.0. The highest BCUT2D eigenvalue weighted by Crippen LogP contribution is 2.39. The summed E-state index contributed by atoms with van der Waals surface area (Å²) in [4.78, 5) is 2.83. The van der Waals surface area contributed by atoms with Gasteiger partial charge in [-0.2, -0.15) is 0 Å². The molecule has 0 saturated carbocycles. The molecule has 14 heavy (non-hydrogen) atoms. The average molecular weight is 292 g/mol. The van der Waals surface area contributed by atoms with Crippen LogP contribution in [0.15, 0.2) is 10.5 Å². The van der Waals surface area contributed by atoms with Crippen LogP contribution in [0.25, 0.3) is 0 Å². The molecule has 1 aromatic rings. The van der Waals surface area contributed by atoms with Crippen LogP contribution in [0.4, 0.5) is 0 Å². The fraction of sp³-hybridized carbons (Fsp3) is 0.600. The van der Waals surface area contributed by atoms with Gasteiger partial charge in [0.25, 0.3) is 0 Å². The maximum atomic E-state index is 3.65. The Labute approximate surface area is 102 Å². The summed E-state index contributed by atoms with van der Waals surface area (Å²) >= 11 is 7.49. The van der Waals surface area contributed by atoms with E-state index in [1.54, 1.807) is 0 Å². The van der Waals surface area contributed by atoms with Crippen LogP contribution < -0.4 is 5.32 Å². The number of hydrogen-bond donors (Lipinski definition) is 1. The summed E-state index contributed by atoms with van der Waals surface area (Å²) in [5, 5.41) is 4.17. The van der Waals surface area contributed by atoms with Crippen molar-refractivity contribution >= 4 is 39.0 Å². The minimum absolute atomic E-state index is 0.523. The third-order valence-electron chi connectivity index (χ3n) is 2.48. The van der Waals surface area contributed by atoms with Crippen molar-refractivity contribution < 1.29 is 0 Å². The minimum atomic E-state index is 0.523. The number of nitrogens with one attached hydrogen (secondary N) is 1. The Balaban J connectivity index is 2.09. The molecule has 1 nitrogen and oxygen atoms in total. The summed E-state index contributed by atoms with van der Waals surface area (Å²) in [6.45, 7) is 4.41. The molecule has 4 heteroatoms. The molecule has 2 rings (SSSR count). The molecular weight excluding hydrogens is 278 g/mol. The lowest BCUT2D eigenvalue weighted by Gasteiger charge is -2.09. The molecule has 0 aromatic carbocycles. The number of thioether (sulfide) groups is 1. The van der Waals surface area contributed by atoms with Crippen LogP contribution in [-0.2, 0) is 0 Å². The van der Waals surface area contributed by atoms with Gasteiger partial charge >= 0.3 is 0 Å². The molecule has 0 radical (unpaired) electrons. The molecule has 2 heterocycles. The van der Waals surface area contributed by atoms with Crippen molar-refractivity contribution in [2.24, 2.45) is 0 Å². The zero-order valence-corrected chi connectivity index (χ0v) is 11.6. The van der Waals surface area contributed by atoms with Gasteiger partial charge in [0.1, 0.15) is 0 Å². The lowest BCUT2D eigenvalue weighted by atomic mass is 10.2. The predicted molar refractivity (Wildman–Crippen MR) is 69.2 cm³/mol. The van der Waals surface area contributed by atoms with Gasteiger partial charge in [-0.1, -0.05) is 6.92 Å². The van der Waals surface area contributed by atoms with Gasteiger partial charge in [-0.25, -0.2) is 0 Å². The van der Waals surface area contributed by atoms with Crippen molar-refractivity contribution in [1.29, 1.82) is 0 Å². The molecule has 1 aromatic heterocycles. The van der Waals surface area contributed by atoms with Gasteiger partial charge in [0.15, 0.2) is 0 Å².